The normalized spacial score (nSPS) is 9.50. The lowest BCUT2D eigenvalue weighted by atomic mass is 10.3. The first-order chi connectivity index (χ1) is 6.83. The number of benzene rings is 1. The number of hydrogen-bond donors (Lipinski definition) is 3. The number of rotatable bonds is 4. The van der Waals surface area contributed by atoms with Gasteiger partial charge < -0.3 is 10.6 Å². The zero-order chi connectivity index (χ0) is 10.2. The number of amides is 2. The summed E-state index contributed by atoms with van der Waals surface area (Å²) in [6.45, 7) is 0.655. The fourth-order valence-electron chi connectivity index (χ4n) is 0.978. The Morgan fingerprint density at radius 2 is 2.00 bits per heavy atom. The van der Waals surface area contributed by atoms with Crippen molar-refractivity contribution in [2.24, 2.45) is 0 Å². The van der Waals surface area contributed by atoms with E-state index in [1.807, 2.05) is 30.3 Å². The van der Waals surface area contributed by atoms with Gasteiger partial charge in [-0.05, 0) is 24.3 Å². The molecule has 0 spiro atoms. The molecule has 0 radical (unpaired) electrons. The van der Waals surface area contributed by atoms with Crippen molar-refractivity contribution in [3.05, 3.63) is 30.3 Å². The molecule has 0 aliphatic carbocycles. The molecule has 0 aromatic heterocycles. The Bertz CT molecular complexity index is 277. The van der Waals surface area contributed by atoms with Crippen molar-refractivity contribution in [1.82, 2.24) is 5.32 Å². The van der Waals surface area contributed by atoms with Crippen LogP contribution in [0.3, 0.4) is 0 Å². The van der Waals surface area contributed by atoms with Crippen LogP contribution in [0.25, 0.3) is 0 Å². The highest BCUT2D eigenvalue weighted by molar-refractivity contribution is 7.80. The first kappa shape index (κ1) is 10.9. The summed E-state index contributed by atoms with van der Waals surface area (Å²) in [6, 6.07) is 9.19. The Kier molecular flexibility index (Phi) is 4.93. The topological polar surface area (TPSA) is 41.1 Å². The highest BCUT2D eigenvalue weighted by Crippen LogP contribution is 2.03. The summed E-state index contributed by atoms with van der Waals surface area (Å²) in [5.41, 5.74) is 0.802. The quantitative estimate of drug-likeness (QED) is 0.517. The first-order valence-corrected chi connectivity index (χ1v) is 5.17. The Morgan fingerprint density at radius 1 is 1.29 bits per heavy atom. The molecule has 0 heterocycles. The summed E-state index contributed by atoms with van der Waals surface area (Å²) in [7, 11) is 0. The van der Waals surface area contributed by atoms with Gasteiger partial charge in [-0.3, -0.25) is 0 Å². The average molecular weight is 210 g/mol. The van der Waals surface area contributed by atoms with Crippen molar-refractivity contribution >= 4 is 24.3 Å². The van der Waals surface area contributed by atoms with Gasteiger partial charge in [0.1, 0.15) is 0 Å². The van der Waals surface area contributed by atoms with Gasteiger partial charge in [-0.15, -0.1) is 0 Å². The van der Waals surface area contributed by atoms with E-state index >= 15 is 0 Å². The summed E-state index contributed by atoms with van der Waals surface area (Å²) >= 11 is 4.05. The maximum absolute atomic E-state index is 11.2. The molecule has 1 aromatic rings. The molecule has 0 fully saturated rings. The van der Waals surface area contributed by atoms with Crippen molar-refractivity contribution in [2.45, 2.75) is 6.42 Å². The largest absolute Gasteiger partial charge is 0.338 e. The Balaban J connectivity index is 2.27. The van der Waals surface area contributed by atoms with Crippen molar-refractivity contribution in [3.8, 4) is 0 Å². The molecule has 0 saturated carbocycles. The van der Waals surface area contributed by atoms with Crippen LogP contribution in [0.15, 0.2) is 30.3 Å². The second-order valence-electron chi connectivity index (χ2n) is 2.82. The van der Waals surface area contributed by atoms with E-state index in [2.05, 4.69) is 23.3 Å². The third-order valence-electron chi connectivity index (χ3n) is 1.65. The summed E-state index contributed by atoms with van der Waals surface area (Å²) < 4.78 is 0. The monoisotopic (exact) mass is 210 g/mol. The minimum absolute atomic E-state index is 0.169. The highest BCUT2D eigenvalue weighted by atomic mass is 32.1. The molecule has 0 saturated heterocycles. The second-order valence-corrected chi connectivity index (χ2v) is 3.27. The molecule has 1 rings (SSSR count). The molecule has 1 aromatic carbocycles. The van der Waals surface area contributed by atoms with Crippen molar-refractivity contribution in [3.63, 3.8) is 0 Å². The van der Waals surface area contributed by atoms with Crippen LogP contribution >= 0.6 is 12.6 Å². The van der Waals surface area contributed by atoms with Gasteiger partial charge in [-0.1, -0.05) is 18.2 Å². The zero-order valence-electron chi connectivity index (χ0n) is 7.86. The third-order valence-corrected chi connectivity index (χ3v) is 1.97. The smallest absolute Gasteiger partial charge is 0.319 e. The van der Waals surface area contributed by atoms with Crippen LogP contribution in [-0.4, -0.2) is 18.3 Å². The van der Waals surface area contributed by atoms with Crippen LogP contribution in [0.5, 0.6) is 0 Å². The number of anilines is 1. The molecular formula is C10H14N2OS. The van der Waals surface area contributed by atoms with E-state index in [1.165, 1.54) is 0 Å². The van der Waals surface area contributed by atoms with Gasteiger partial charge in [0.2, 0.25) is 0 Å². The minimum atomic E-state index is -0.169. The van der Waals surface area contributed by atoms with Crippen molar-refractivity contribution in [1.29, 1.82) is 0 Å². The molecule has 2 N–H and O–H groups in total. The summed E-state index contributed by atoms with van der Waals surface area (Å²) in [6.07, 6.45) is 0.880. The first-order valence-electron chi connectivity index (χ1n) is 4.53. The molecule has 76 valence electrons. The molecule has 0 bridgehead atoms. The molecule has 14 heavy (non-hydrogen) atoms. The van der Waals surface area contributed by atoms with Crippen LogP contribution in [0.2, 0.25) is 0 Å². The summed E-state index contributed by atoms with van der Waals surface area (Å²) in [5, 5.41) is 5.46. The lowest BCUT2D eigenvalue weighted by molar-refractivity contribution is 0.252. The molecule has 2 amide bonds. The fourth-order valence-corrected chi connectivity index (χ4v) is 1.14. The Hall–Kier alpha value is -1.16. The molecule has 0 unspecified atom stereocenters. The van der Waals surface area contributed by atoms with Gasteiger partial charge in [0, 0.05) is 12.2 Å². The van der Waals surface area contributed by atoms with Gasteiger partial charge in [0.25, 0.3) is 0 Å². The molecular weight excluding hydrogens is 196 g/mol. The van der Waals surface area contributed by atoms with Gasteiger partial charge in [0.05, 0.1) is 0 Å². The molecule has 4 heteroatoms. The standard InChI is InChI=1S/C10H14N2OS/c13-10(11-7-4-8-14)12-9-5-2-1-3-6-9/h1-3,5-6,14H,4,7-8H2,(H2,11,12,13). The number of hydrogen-bond acceptors (Lipinski definition) is 2. The maximum Gasteiger partial charge on any atom is 0.319 e. The van der Waals surface area contributed by atoms with Crippen LogP contribution in [0.1, 0.15) is 6.42 Å². The minimum Gasteiger partial charge on any atom is -0.338 e. The second kappa shape index (κ2) is 6.32. The number of carbonyl (C=O) groups excluding carboxylic acids is 1. The number of urea groups is 1. The predicted molar refractivity (Wildman–Crippen MR) is 61.9 cm³/mol. The zero-order valence-corrected chi connectivity index (χ0v) is 8.76. The van der Waals surface area contributed by atoms with E-state index in [9.17, 15) is 4.79 Å². The van der Waals surface area contributed by atoms with Crippen LogP contribution in [0.4, 0.5) is 10.5 Å². The third kappa shape index (κ3) is 4.18. The number of carbonyl (C=O) groups is 1. The Morgan fingerprint density at radius 3 is 2.64 bits per heavy atom. The van der Waals surface area contributed by atoms with Crippen LogP contribution < -0.4 is 10.6 Å². The summed E-state index contributed by atoms with van der Waals surface area (Å²) in [4.78, 5) is 11.2. The van der Waals surface area contributed by atoms with Gasteiger partial charge in [-0.2, -0.15) is 12.6 Å². The number of thiol groups is 1. The van der Waals surface area contributed by atoms with Gasteiger partial charge in [-0.25, -0.2) is 4.79 Å². The fraction of sp³-hybridized carbons (Fsp3) is 0.300. The predicted octanol–water partition coefficient (Wildman–Crippen LogP) is 2.13. The Labute approximate surface area is 89.3 Å². The van der Waals surface area contributed by atoms with Crippen molar-refractivity contribution < 1.29 is 4.79 Å². The maximum atomic E-state index is 11.2. The summed E-state index contributed by atoms with van der Waals surface area (Å²) in [5.74, 6) is 0.783. The van der Waals surface area contributed by atoms with Gasteiger partial charge >= 0.3 is 6.03 Å². The van der Waals surface area contributed by atoms with E-state index in [1.54, 1.807) is 0 Å². The van der Waals surface area contributed by atoms with Crippen molar-refractivity contribution in [2.75, 3.05) is 17.6 Å². The van der Waals surface area contributed by atoms with E-state index < -0.39 is 0 Å². The van der Waals surface area contributed by atoms with Crippen LogP contribution in [-0.2, 0) is 0 Å². The number of para-hydroxylation sites is 1. The molecule has 3 nitrogen and oxygen atoms in total. The SMILES string of the molecule is O=C(NCCCS)Nc1ccccc1. The molecule has 0 aliphatic rings. The molecule has 0 aliphatic heterocycles. The molecule has 0 atom stereocenters. The number of nitrogens with one attached hydrogen (secondary N) is 2. The lowest BCUT2D eigenvalue weighted by Gasteiger charge is -2.06. The van der Waals surface area contributed by atoms with E-state index in [-0.39, 0.29) is 6.03 Å². The highest BCUT2D eigenvalue weighted by Gasteiger charge is 1.98. The van der Waals surface area contributed by atoms with Gasteiger partial charge in [0.15, 0.2) is 0 Å². The van der Waals surface area contributed by atoms with E-state index in [0.29, 0.717) is 6.54 Å². The van der Waals surface area contributed by atoms with Crippen LogP contribution in [0, 0.1) is 0 Å². The van der Waals surface area contributed by atoms with E-state index in [0.717, 1.165) is 17.9 Å². The average Bonchev–Trinajstić information content (AvgIpc) is 2.20. The van der Waals surface area contributed by atoms with E-state index in [4.69, 9.17) is 0 Å². The lowest BCUT2D eigenvalue weighted by Crippen LogP contribution is -2.29.